The second-order valence-electron chi connectivity index (χ2n) is 15.3. The number of Topliss-reactive ketones (excluding diaryl/α,β-unsaturated/α-hetero) is 1. The number of nitrogens with one attached hydrogen (secondary N) is 4. The van der Waals surface area contributed by atoms with E-state index >= 15 is 0 Å². The summed E-state index contributed by atoms with van der Waals surface area (Å²) in [6, 6.07) is -3.61. The molecule has 2 saturated carbocycles. The van der Waals surface area contributed by atoms with Gasteiger partial charge in [-0.3, -0.25) is 19.2 Å². The Bertz CT molecular complexity index is 1300. The fourth-order valence-corrected chi connectivity index (χ4v) is 8.87. The Balaban J connectivity index is 1.87. The number of carbonyl (C=O) groups is 5. The molecule has 2 saturated heterocycles. The minimum absolute atomic E-state index is 0.115. The van der Waals surface area contributed by atoms with Gasteiger partial charge in [-0.25, -0.2) is 13.2 Å². The maximum Gasteiger partial charge on any atom is 0.315 e. The number of rotatable bonds is 13. The molecule has 0 aromatic heterocycles. The third-order valence-electron chi connectivity index (χ3n) is 10.2. The van der Waals surface area contributed by atoms with Gasteiger partial charge in [0.2, 0.25) is 17.6 Å². The number of amides is 5. The average Bonchev–Trinajstić information content (AvgIpc) is 2.95. The van der Waals surface area contributed by atoms with Crippen LogP contribution in [0.1, 0.15) is 92.9 Å². The zero-order chi connectivity index (χ0) is 34.7. The Hall–Kier alpha value is -2.96. The van der Waals surface area contributed by atoms with Crippen LogP contribution in [0.15, 0.2) is 12.7 Å². The number of fused-ring (bicyclic) bond motifs is 2. The molecule has 5 amide bonds. The van der Waals surface area contributed by atoms with Gasteiger partial charge in [0.1, 0.15) is 21.9 Å². The molecule has 12 nitrogen and oxygen atoms in total. The minimum Gasteiger partial charge on any atom is -0.346 e. The van der Waals surface area contributed by atoms with Gasteiger partial charge in [-0.1, -0.05) is 73.3 Å². The van der Waals surface area contributed by atoms with Crippen LogP contribution in [0.3, 0.4) is 0 Å². The van der Waals surface area contributed by atoms with E-state index in [4.69, 9.17) is 0 Å². The zero-order valence-corrected chi connectivity index (χ0v) is 29.5. The summed E-state index contributed by atoms with van der Waals surface area (Å²) in [5.41, 5.74) is -1.90. The van der Waals surface area contributed by atoms with Crippen molar-refractivity contribution in [2.75, 3.05) is 25.1 Å². The first kappa shape index (κ1) is 37.5. The topological polar surface area (TPSA) is 171 Å². The maximum atomic E-state index is 14.4. The molecule has 2 aliphatic carbocycles. The summed E-state index contributed by atoms with van der Waals surface area (Å²) in [5, 5.41) is 11.1. The molecule has 13 heteroatoms. The quantitative estimate of drug-likeness (QED) is 0.173. The van der Waals surface area contributed by atoms with E-state index in [1.807, 2.05) is 27.7 Å². The smallest absolute Gasteiger partial charge is 0.315 e. The van der Waals surface area contributed by atoms with E-state index in [1.165, 1.54) is 11.0 Å². The van der Waals surface area contributed by atoms with Crippen LogP contribution in [-0.4, -0.2) is 91.6 Å². The molecule has 0 aromatic carbocycles. The Kier molecular flexibility index (Phi) is 11.8. The van der Waals surface area contributed by atoms with Gasteiger partial charge >= 0.3 is 6.03 Å². The van der Waals surface area contributed by atoms with Gasteiger partial charge in [-0.05, 0) is 48.3 Å². The van der Waals surface area contributed by atoms with E-state index in [0.717, 1.165) is 31.9 Å². The monoisotopic (exact) mass is 665 g/mol. The number of urea groups is 1. The number of hydrogen-bond donors (Lipinski definition) is 4. The predicted octanol–water partition coefficient (Wildman–Crippen LogP) is 2.48. The van der Waals surface area contributed by atoms with E-state index in [-0.39, 0.29) is 36.0 Å². The number of hydrogen-bond acceptors (Lipinski definition) is 7. The van der Waals surface area contributed by atoms with E-state index in [2.05, 4.69) is 41.7 Å². The third-order valence-corrected chi connectivity index (χ3v) is 11.3. The first-order valence-electron chi connectivity index (χ1n) is 16.6. The first-order chi connectivity index (χ1) is 21.3. The zero-order valence-electron chi connectivity index (χ0n) is 28.7. The molecule has 0 aromatic rings. The lowest BCUT2D eigenvalue weighted by Crippen LogP contribution is -2.73. The Morgan fingerprint density at radius 2 is 1.67 bits per heavy atom. The first-order valence-corrected chi connectivity index (χ1v) is 18.6. The van der Waals surface area contributed by atoms with Crippen molar-refractivity contribution in [2.24, 2.45) is 22.7 Å². The van der Waals surface area contributed by atoms with Crippen molar-refractivity contribution in [1.82, 2.24) is 26.2 Å². The van der Waals surface area contributed by atoms with Gasteiger partial charge in [-0.2, -0.15) is 0 Å². The average molecular weight is 666 g/mol. The van der Waals surface area contributed by atoms with Gasteiger partial charge in [-0.15, -0.1) is 6.58 Å². The predicted molar refractivity (Wildman–Crippen MR) is 176 cm³/mol. The van der Waals surface area contributed by atoms with Gasteiger partial charge < -0.3 is 26.2 Å². The molecular weight excluding hydrogens is 610 g/mol. The molecular formula is C33H55N5O7S. The lowest BCUT2D eigenvalue weighted by atomic mass is 9.49. The summed E-state index contributed by atoms with van der Waals surface area (Å²) in [6.45, 7) is 15.4. The molecule has 5 atom stereocenters. The van der Waals surface area contributed by atoms with Crippen molar-refractivity contribution in [1.29, 1.82) is 0 Å². The highest BCUT2D eigenvalue weighted by molar-refractivity contribution is 7.90. The van der Waals surface area contributed by atoms with E-state index < -0.39 is 68.5 Å². The second kappa shape index (κ2) is 14.4. The van der Waals surface area contributed by atoms with Gasteiger partial charge in [0.15, 0.2) is 0 Å². The number of sulfone groups is 1. The fourth-order valence-electron chi connectivity index (χ4n) is 7.50. The Labute approximate surface area is 274 Å². The van der Waals surface area contributed by atoms with Crippen LogP contribution < -0.4 is 21.3 Å². The standard InChI is InChI=1S/C33H55N5O7S/c1-9-14-23(25(39)28(41)34-17-10-2)35-27(40)24-22-18-21(32(22,6)7)19-38(24)29(42)26(31(3,4)5)36-30(43)37-33(20-46(8,44)45)15-12-11-13-16-33/h10,21-24,26H,2,9,11-20H2,1,3-8H3,(H,34,41)(H,35,40)(H2,36,37,43)/t21-,22?,23?,24?,26-/m1/s1. The molecule has 4 rings (SSSR count). The van der Waals surface area contributed by atoms with Crippen molar-refractivity contribution in [2.45, 2.75) is 117 Å². The molecule has 0 radical (unpaired) electrons. The van der Waals surface area contributed by atoms with Gasteiger partial charge in [0.25, 0.3) is 5.91 Å². The van der Waals surface area contributed by atoms with E-state index in [0.29, 0.717) is 25.8 Å². The van der Waals surface area contributed by atoms with E-state index in [9.17, 15) is 32.4 Å². The Morgan fingerprint density at radius 3 is 2.20 bits per heavy atom. The molecule has 2 aliphatic heterocycles. The maximum absolute atomic E-state index is 14.4. The lowest BCUT2D eigenvalue weighted by molar-refractivity contribution is -0.179. The van der Waals surface area contributed by atoms with Crippen LogP contribution in [-0.2, 0) is 29.0 Å². The highest BCUT2D eigenvalue weighted by Gasteiger charge is 2.61. The van der Waals surface area contributed by atoms with Crippen molar-refractivity contribution in [3.8, 4) is 0 Å². The van der Waals surface area contributed by atoms with Gasteiger partial charge in [0.05, 0.1) is 17.3 Å². The summed E-state index contributed by atoms with van der Waals surface area (Å²) in [7, 11) is -3.39. The molecule has 260 valence electrons. The van der Waals surface area contributed by atoms with Crippen LogP contribution in [0.5, 0.6) is 0 Å². The second-order valence-corrected chi connectivity index (χ2v) is 17.5. The molecule has 46 heavy (non-hydrogen) atoms. The fraction of sp³-hybridized carbons (Fsp3) is 0.788. The number of nitrogens with zero attached hydrogens (tertiary/aromatic N) is 1. The van der Waals surface area contributed by atoms with Crippen molar-refractivity contribution < 1.29 is 32.4 Å². The van der Waals surface area contributed by atoms with Crippen molar-refractivity contribution in [3.05, 3.63) is 12.7 Å². The summed E-state index contributed by atoms with van der Waals surface area (Å²) < 4.78 is 24.6. The molecule has 4 fully saturated rings. The largest absolute Gasteiger partial charge is 0.346 e. The molecule has 4 aliphatic rings. The highest BCUT2D eigenvalue weighted by atomic mass is 32.2. The number of piperidine rings is 2. The van der Waals surface area contributed by atoms with Crippen LogP contribution in [0.25, 0.3) is 0 Å². The molecule has 2 heterocycles. The molecule has 4 N–H and O–H groups in total. The van der Waals surface area contributed by atoms with Crippen molar-refractivity contribution in [3.63, 3.8) is 0 Å². The van der Waals surface area contributed by atoms with Crippen LogP contribution in [0.2, 0.25) is 0 Å². The SMILES string of the molecule is C=CCNC(=O)C(=O)C(CCC)NC(=O)C1C2C[C@H](CN1C(=O)[C@@H](NC(=O)NC1(CS(C)(=O)=O)CCCCC1)C(C)(C)C)C2(C)C. The number of ketones is 1. The highest BCUT2D eigenvalue weighted by Crippen LogP contribution is 2.57. The summed E-state index contributed by atoms with van der Waals surface area (Å²) in [4.78, 5) is 69.0. The Morgan fingerprint density at radius 1 is 1.04 bits per heavy atom. The summed E-state index contributed by atoms with van der Waals surface area (Å²) >= 11 is 0. The molecule has 2 bridgehead atoms. The third kappa shape index (κ3) is 8.68. The van der Waals surface area contributed by atoms with E-state index in [1.54, 1.807) is 0 Å². The van der Waals surface area contributed by atoms with Gasteiger partial charge in [0, 0.05) is 19.3 Å². The van der Waals surface area contributed by atoms with Crippen LogP contribution >= 0.6 is 0 Å². The molecule has 0 spiro atoms. The lowest BCUT2D eigenvalue weighted by Gasteiger charge is -2.63. The summed E-state index contributed by atoms with van der Waals surface area (Å²) in [5.74, 6) is -2.70. The minimum atomic E-state index is -3.39. The van der Waals surface area contributed by atoms with Crippen LogP contribution in [0.4, 0.5) is 4.79 Å². The van der Waals surface area contributed by atoms with Crippen molar-refractivity contribution >= 4 is 39.4 Å². The normalized spacial score (nSPS) is 24.8. The van der Waals surface area contributed by atoms with Crippen LogP contribution in [0, 0.1) is 22.7 Å². The number of carbonyl (C=O) groups excluding carboxylic acids is 5. The summed E-state index contributed by atoms with van der Waals surface area (Å²) in [6.07, 6.45) is 7.74. The molecule has 3 unspecified atom stereocenters.